The van der Waals surface area contributed by atoms with E-state index in [0.717, 1.165) is 16.1 Å². The molecule has 0 aliphatic carbocycles. The van der Waals surface area contributed by atoms with E-state index in [4.69, 9.17) is 14.8 Å². The van der Waals surface area contributed by atoms with Gasteiger partial charge in [0, 0.05) is 30.4 Å². The summed E-state index contributed by atoms with van der Waals surface area (Å²) in [6.07, 6.45) is 1.44. The Bertz CT molecular complexity index is 1210. The summed E-state index contributed by atoms with van der Waals surface area (Å²) in [5.74, 6) is -0.778. The number of carbonyl (C=O) groups is 2. The van der Waals surface area contributed by atoms with E-state index in [9.17, 15) is 19.3 Å². The molecule has 0 spiro atoms. The van der Waals surface area contributed by atoms with Gasteiger partial charge in [-0.1, -0.05) is 42.5 Å². The predicted molar refractivity (Wildman–Crippen MR) is 135 cm³/mol. The fourth-order valence-electron chi connectivity index (χ4n) is 3.51. The fourth-order valence-corrected chi connectivity index (χ4v) is 4.98. The molecule has 1 aromatic heterocycles. The van der Waals surface area contributed by atoms with E-state index in [1.165, 1.54) is 30.4 Å². The minimum atomic E-state index is -4.67. The second-order valence-corrected chi connectivity index (χ2v) is 10.3. The SMILES string of the molecule is CC(=O)NC(Cc1ccc(OP(=O)(O)O)cc1)C(=O)NCc1nc(-c2ccccc2)c(CCCO)s1. The maximum absolute atomic E-state index is 12.9. The van der Waals surface area contributed by atoms with Crippen LogP contribution in [-0.4, -0.2) is 44.3 Å². The van der Waals surface area contributed by atoms with Crippen LogP contribution < -0.4 is 15.2 Å². The van der Waals surface area contributed by atoms with Crippen LogP contribution in [0.3, 0.4) is 0 Å². The quantitative estimate of drug-likeness (QED) is 0.222. The number of nitrogens with one attached hydrogen (secondary N) is 2. The van der Waals surface area contributed by atoms with Crippen molar-refractivity contribution < 1.29 is 33.6 Å². The summed E-state index contributed by atoms with van der Waals surface area (Å²) < 4.78 is 15.5. The van der Waals surface area contributed by atoms with Gasteiger partial charge in [-0.15, -0.1) is 11.3 Å². The lowest BCUT2D eigenvalue weighted by Crippen LogP contribution is -2.47. The zero-order chi connectivity index (χ0) is 26.1. The summed E-state index contributed by atoms with van der Waals surface area (Å²) in [5.41, 5.74) is 2.45. The van der Waals surface area contributed by atoms with Gasteiger partial charge in [0.15, 0.2) is 0 Å². The molecule has 0 aliphatic rings. The molecule has 0 saturated carbocycles. The number of phosphoric ester groups is 1. The number of hydrogen-bond acceptors (Lipinski definition) is 7. The van der Waals surface area contributed by atoms with Gasteiger partial charge in [0.25, 0.3) is 0 Å². The maximum Gasteiger partial charge on any atom is 0.524 e. The Hall–Kier alpha value is -3.08. The number of thiazole rings is 1. The van der Waals surface area contributed by atoms with Crippen LogP contribution in [0.25, 0.3) is 11.3 Å². The molecule has 192 valence electrons. The number of carbonyl (C=O) groups excluding carboxylic acids is 2. The van der Waals surface area contributed by atoms with Crippen LogP contribution in [-0.2, 0) is 33.5 Å². The molecule has 0 fully saturated rings. The van der Waals surface area contributed by atoms with Crippen molar-refractivity contribution in [2.24, 2.45) is 0 Å². The average molecular weight is 534 g/mol. The molecule has 0 bridgehead atoms. The fraction of sp³-hybridized carbons (Fsp3) is 0.292. The first kappa shape index (κ1) is 27.5. The molecule has 1 atom stereocenters. The summed E-state index contributed by atoms with van der Waals surface area (Å²) in [7, 11) is -4.67. The molecule has 1 heterocycles. The van der Waals surface area contributed by atoms with E-state index in [1.54, 1.807) is 12.1 Å². The molecule has 12 heteroatoms. The number of aliphatic hydroxyl groups is 1. The Kier molecular flexibility index (Phi) is 9.74. The number of rotatable bonds is 12. The first-order valence-corrected chi connectivity index (χ1v) is 13.5. The highest BCUT2D eigenvalue weighted by Gasteiger charge is 2.22. The molecule has 2 aromatic carbocycles. The Morgan fingerprint density at radius 1 is 1.11 bits per heavy atom. The third-order valence-electron chi connectivity index (χ3n) is 5.05. The minimum absolute atomic E-state index is 0.0115. The largest absolute Gasteiger partial charge is 0.524 e. The zero-order valence-corrected chi connectivity index (χ0v) is 21.3. The molecular formula is C24H28N3O7PS. The second-order valence-electron chi connectivity index (χ2n) is 7.97. The highest BCUT2D eigenvalue weighted by atomic mass is 32.1. The number of amides is 2. The molecule has 1 unspecified atom stereocenters. The summed E-state index contributed by atoms with van der Waals surface area (Å²) in [4.78, 5) is 48.2. The summed E-state index contributed by atoms with van der Waals surface area (Å²) >= 11 is 1.47. The van der Waals surface area contributed by atoms with Gasteiger partial charge >= 0.3 is 7.82 Å². The van der Waals surface area contributed by atoms with Gasteiger partial charge in [-0.2, -0.15) is 0 Å². The molecule has 3 rings (SSSR count). The normalized spacial score (nSPS) is 12.1. The lowest BCUT2D eigenvalue weighted by atomic mass is 10.0. The number of hydrogen-bond donors (Lipinski definition) is 5. The first-order valence-electron chi connectivity index (χ1n) is 11.2. The number of aliphatic hydroxyl groups excluding tert-OH is 1. The van der Waals surface area contributed by atoms with Crippen LogP contribution in [0.2, 0.25) is 0 Å². The molecule has 10 nitrogen and oxygen atoms in total. The highest BCUT2D eigenvalue weighted by molar-refractivity contribution is 7.46. The third kappa shape index (κ3) is 8.54. The van der Waals surface area contributed by atoms with Gasteiger partial charge in [-0.05, 0) is 30.5 Å². The highest BCUT2D eigenvalue weighted by Crippen LogP contribution is 2.37. The average Bonchev–Trinajstić information content (AvgIpc) is 3.24. The van der Waals surface area contributed by atoms with Crippen molar-refractivity contribution in [3.63, 3.8) is 0 Å². The minimum Gasteiger partial charge on any atom is -0.404 e. The first-order chi connectivity index (χ1) is 17.1. The van der Waals surface area contributed by atoms with E-state index in [2.05, 4.69) is 15.2 Å². The van der Waals surface area contributed by atoms with Crippen molar-refractivity contribution in [3.05, 3.63) is 70.0 Å². The number of aryl methyl sites for hydroxylation is 1. The lowest BCUT2D eigenvalue weighted by Gasteiger charge is -2.17. The summed E-state index contributed by atoms with van der Waals surface area (Å²) in [6.45, 7) is 1.56. The Morgan fingerprint density at radius 3 is 2.42 bits per heavy atom. The number of aromatic nitrogens is 1. The Labute approximate surface area is 212 Å². The summed E-state index contributed by atoms with van der Waals surface area (Å²) in [6, 6.07) is 14.7. The number of nitrogens with zero attached hydrogens (tertiary/aromatic N) is 1. The van der Waals surface area contributed by atoms with Crippen LogP contribution in [0.1, 0.15) is 28.8 Å². The molecular weight excluding hydrogens is 505 g/mol. The van der Waals surface area contributed by atoms with E-state index in [-0.39, 0.29) is 31.2 Å². The van der Waals surface area contributed by atoms with Gasteiger partial charge in [-0.3, -0.25) is 19.4 Å². The molecule has 5 N–H and O–H groups in total. The topological polar surface area (TPSA) is 158 Å². The monoisotopic (exact) mass is 533 g/mol. The molecule has 36 heavy (non-hydrogen) atoms. The number of phosphoric acid groups is 1. The third-order valence-corrected chi connectivity index (χ3v) is 6.61. The molecule has 2 amide bonds. The van der Waals surface area contributed by atoms with E-state index < -0.39 is 19.8 Å². The molecule has 0 radical (unpaired) electrons. The van der Waals surface area contributed by atoms with Gasteiger partial charge in [0.05, 0.1) is 12.2 Å². The van der Waals surface area contributed by atoms with Crippen molar-refractivity contribution in [1.82, 2.24) is 15.6 Å². The zero-order valence-electron chi connectivity index (χ0n) is 19.6. The second kappa shape index (κ2) is 12.8. The van der Waals surface area contributed by atoms with Crippen molar-refractivity contribution in [2.75, 3.05) is 6.61 Å². The van der Waals surface area contributed by atoms with Crippen molar-refractivity contribution in [1.29, 1.82) is 0 Å². The van der Waals surface area contributed by atoms with Gasteiger partial charge in [0.1, 0.15) is 16.8 Å². The van der Waals surface area contributed by atoms with E-state index >= 15 is 0 Å². The van der Waals surface area contributed by atoms with Crippen molar-refractivity contribution in [3.8, 4) is 17.0 Å². The molecule has 3 aromatic rings. The van der Waals surface area contributed by atoms with Crippen LogP contribution in [0.5, 0.6) is 5.75 Å². The van der Waals surface area contributed by atoms with E-state index in [1.807, 2.05) is 30.3 Å². The van der Waals surface area contributed by atoms with E-state index in [0.29, 0.717) is 23.4 Å². The van der Waals surface area contributed by atoms with Gasteiger partial charge in [-0.25, -0.2) is 9.55 Å². The van der Waals surface area contributed by atoms with Crippen LogP contribution in [0.15, 0.2) is 54.6 Å². The van der Waals surface area contributed by atoms with Gasteiger partial charge in [0.2, 0.25) is 11.8 Å². The lowest BCUT2D eigenvalue weighted by molar-refractivity contribution is -0.128. The Morgan fingerprint density at radius 2 is 1.81 bits per heavy atom. The van der Waals surface area contributed by atoms with Crippen molar-refractivity contribution >= 4 is 31.0 Å². The Balaban J connectivity index is 1.69. The van der Waals surface area contributed by atoms with Crippen LogP contribution >= 0.6 is 19.2 Å². The van der Waals surface area contributed by atoms with Crippen molar-refractivity contribution in [2.45, 2.75) is 38.8 Å². The summed E-state index contributed by atoms with van der Waals surface area (Å²) in [5, 5.41) is 15.4. The maximum atomic E-state index is 12.9. The predicted octanol–water partition coefficient (Wildman–Crippen LogP) is 2.57. The van der Waals surface area contributed by atoms with Gasteiger partial charge < -0.3 is 20.3 Å². The molecule has 0 aliphatic heterocycles. The number of benzene rings is 2. The standard InChI is InChI=1S/C24H28N3O7PS/c1-16(29)26-20(14-17-9-11-19(12-10-17)34-35(31,32)33)24(30)25-15-22-27-23(18-6-3-2-4-7-18)21(36-22)8-5-13-28/h2-4,6-7,9-12,20,28H,5,8,13-15H2,1H3,(H,25,30)(H,26,29)(H2,31,32,33). The van der Waals surface area contributed by atoms with Crippen LogP contribution in [0.4, 0.5) is 0 Å². The van der Waals surface area contributed by atoms with Crippen LogP contribution in [0, 0.1) is 0 Å². The molecule has 0 saturated heterocycles. The smallest absolute Gasteiger partial charge is 0.404 e.